The van der Waals surface area contributed by atoms with Gasteiger partial charge in [0.25, 0.3) is 0 Å². The molecule has 1 amide bonds. The zero-order valence-corrected chi connectivity index (χ0v) is 12.5. The van der Waals surface area contributed by atoms with Crippen molar-refractivity contribution in [3.05, 3.63) is 58.3 Å². The average Bonchev–Trinajstić information content (AvgIpc) is 2.43. The van der Waals surface area contributed by atoms with Gasteiger partial charge in [-0.3, -0.25) is 4.79 Å². The molecule has 0 unspecified atom stereocenters. The van der Waals surface area contributed by atoms with Crippen molar-refractivity contribution in [1.29, 1.82) is 0 Å². The van der Waals surface area contributed by atoms with E-state index < -0.39 is 0 Å². The minimum absolute atomic E-state index is 0.201. The van der Waals surface area contributed by atoms with Crippen LogP contribution in [0.4, 0.5) is 15.8 Å². The van der Waals surface area contributed by atoms with Gasteiger partial charge in [0.1, 0.15) is 5.82 Å². The molecule has 110 valence electrons. The number of rotatable bonds is 5. The van der Waals surface area contributed by atoms with E-state index in [1.807, 2.05) is 0 Å². The van der Waals surface area contributed by atoms with Gasteiger partial charge in [0.05, 0.1) is 10.0 Å². The van der Waals surface area contributed by atoms with E-state index in [2.05, 4.69) is 10.6 Å². The summed E-state index contributed by atoms with van der Waals surface area (Å²) in [6.07, 6.45) is 0.247. The number of carbonyl (C=O) groups is 1. The standard InChI is InChI=1S/C15H13Cl2FN2O/c16-13-5-4-11(9-14(13)17)19-7-6-15(21)20-12-3-1-2-10(18)8-12/h1-5,8-9,19H,6-7H2,(H,20,21). The van der Waals surface area contributed by atoms with Crippen LogP contribution >= 0.6 is 23.2 Å². The summed E-state index contributed by atoms with van der Waals surface area (Å²) in [7, 11) is 0. The smallest absolute Gasteiger partial charge is 0.226 e. The van der Waals surface area contributed by atoms with E-state index in [9.17, 15) is 9.18 Å². The first-order valence-corrected chi connectivity index (χ1v) is 7.04. The van der Waals surface area contributed by atoms with Gasteiger partial charge in [0.15, 0.2) is 0 Å². The fraction of sp³-hybridized carbons (Fsp3) is 0.133. The van der Waals surface area contributed by atoms with Crippen LogP contribution < -0.4 is 10.6 Å². The van der Waals surface area contributed by atoms with E-state index in [0.717, 1.165) is 5.69 Å². The summed E-state index contributed by atoms with van der Waals surface area (Å²) >= 11 is 11.7. The Morgan fingerprint density at radius 1 is 1.05 bits per heavy atom. The number of anilines is 2. The zero-order valence-electron chi connectivity index (χ0n) is 11.0. The molecule has 0 fully saturated rings. The van der Waals surface area contributed by atoms with Crippen molar-refractivity contribution in [2.45, 2.75) is 6.42 Å². The van der Waals surface area contributed by atoms with Crippen molar-refractivity contribution < 1.29 is 9.18 Å². The van der Waals surface area contributed by atoms with Crippen LogP contribution in [-0.4, -0.2) is 12.5 Å². The monoisotopic (exact) mass is 326 g/mol. The quantitative estimate of drug-likeness (QED) is 0.844. The summed E-state index contributed by atoms with van der Waals surface area (Å²) < 4.78 is 13.0. The van der Waals surface area contributed by atoms with Gasteiger partial charge in [-0.25, -0.2) is 4.39 Å². The molecule has 2 aromatic rings. The number of nitrogens with one attached hydrogen (secondary N) is 2. The molecule has 0 saturated carbocycles. The number of amides is 1. The van der Waals surface area contributed by atoms with E-state index in [-0.39, 0.29) is 18.1 Å². The highest BCUT2D eigenvalue weighted by atomic mass is 35.5. The highest BCUT2D eigenvalue weighted by Gasteiger charge is 2.04. The maximum Gasteiger partial charge on any atom is 0.226 e. The molecule has 0 saturated heterocycles. The van der Waals surface area contributed by atoms with Crippen molar-refractivity contribution >= 4 is 40.5 Å². The molecule has 2 rings (SSSR count). The van der Waals surface area contributed by atoms with E-state index >= 15 is 0 Å². The lowest BCUT2D eigenvalue weighted by Gasteiger charge is -2.08. The first kappa shape index (κ1) is 15.6. The van der Waals surface area contributed by atoms with Crippen LogP contribution in [0.5, 0.6) is 0 Å². The molecular formula is C15H13Cl2FN2O. The van der Waals surface area contributed by atoms with Gasteiger partial charge < -0.3 is 10.6 Å². The molecule has 0 radical (unpaired) electrons. The van der Waals surface area contributed by atoms with Crippen LogP contribution in [0.25, 0.3) is 0 Å². The Kier molecular flexibility index (Phi) is 5.42. The van der Waals surface area contributed by atoms with Crippen LogP contribution in [0, 0.1) is 5.82 Å². The largest absolute Gasteiger partial charge is 0.384 e. The van der Waals surface area contributed by atoms with Gasteiger partial charge in [-0.1, -0.05) is 29.3 Å². The predicted molar refractivity (Wildman–Crippen MR) is 84.6 cm³/mol. The summed E-state index contributed by atoms with van der Waals surface area (Å²) in [4.78, 5) is 11.7. The highest BCUT2D eigenvalue weighted by Crippen LogP contribution is 2.24. The summed E-state index contributed by atoms with van der Waals surface area (Å²) in [6, 6.07) is 10.9. The SMILES string of the molecule is O=C(CCNc1ccc(Cl)c(Cl)c1)Nc1cccc(F)c1. The van der Waals surface area contributed by atoms with Crippen LogP contribution in [-0.2, 0) is 4.79 Å². The number of hydrogen-bond donors (Lipinski definition) is 2. The number of hydrogen-bond acceptors (Lipinski definition) is 2. The minimum Gasteiger partial charge on any atom is -0.384 e. The van der Waals surface area contributed by atoms with Crippen molar-refractivity contribution in [2.75, 3.05) is 17.2 Å². The molecule has 2 N–H and O–H groups in total. The van der Waals surface area contributed by atoms with Crippen LogP contribution in [0.3, 0.4) is 0 Å². The van der Waals surface area contributed by atoms with Crippen LogP contribution in [0.2, 0.25) is 10.0 Å². The van der Waals surface area contributed by atoms with Crippen molar-refractivity contribution in [1.82, 2.24) is 0 Å². The Balaban J connectivity index is 1.80. The fourth-order valence-corrected chi connectivity index (χ4v) is 2.01. The zero-order chi connectivity index (χ0) is 15.2. The number of benzene rings is 2. The van der Waals surface area contributed by atoms with Crippen LogP contribution in [0.15, 0.2) is 42.5 Å². The van der Waals surface area contributed by atoms with Gasteiger partial charge in [0, 0.05) is 24.3 Å². The molecule has 3 nitrogen and oxygen atoms in total. The van der Waals surface area contributed by atoms with Crippen molar-refractivity contribution in [3.8, 4) is 0 Å². The number of carbonyl (C=O) groups excluding carboxylic acids is 1. The van der Waals surface area contributed by atoms with E-state index in [1.54, 1.807) is 30.3 Å². The molecule has 0 atom stereocenters. The minimum atomic E-state index is -0.387. The molecule has 0 heterocycles. The average molecular weight is 327 g/mol. The van der Waals surface area contributed by atoms with E-state index in [1.165, 1.54) is 12.1 Å². The Morgan fingerprint density at radius 2 is 1.86 bits per heavy atom. The summed E-state index contributed by atoms with van der Waals surface area (Å²) in [5.74, 6) is -0.588. The summed E-state index contributed by atoms with van der Waals surface area (Å²) in [6.45, 7) is 0.430. The fourth-order valence-electron chi connectivity index (χ4n) is 1.72. The molecule has 6 heteroatoms. The Bertz CT molecular complexity index is 649. The number of halogens is 3. The first-order valence-electron chi connectivity index (χ1n) is 6.29. The molecule has 2 aromatic carbocycles. The second-order valence-corrected chi connectivity index (χ2v) is 5.18. The molecule has 0 spiro atoms. The molecule has 0 bridgehead atoms. The lowest BCUT2D eigenvalue weighted by molar-refractivity contribution is -0.115. The van der Waals surface area contributed by atoms with Gasteiger partial charge >= 0.3 is 0 Å². The Morgan fingerprint density at radius 3 is 2.57 bits per heavy atom. The molecular weight excluding hydrogens is 314 g/mol. The maximum absolute atomic E-state index is 13.0. The first-order chi connectivity index (χ1) is 10.0. The van der Waals surface area contributed by atoms with Gasteiger partial charge in [-0.05, 0) is 36.4 Å². The van der Waals surface area contributed by atoms with Gasteiger partial charge in [-0.2, -0.15) is 0 Å². The molecule has 0 aliphatic rings. The lowest BCUT2D eigenvalue weighted by atomic mass is 10.3. The second kappa shape index (κ2) is 7.29. The third-order valence-corrected chi connectivity index (χ3v) is 3.45. The Hall–Kier alpha value is -1.78. The second-order valence-electron chi connectivity index (χ2n) is 4.36. The molecule has 0 aliphatic carbocycles. The lowest BCUT2D eigenvalue weighted by Crippen LogP contribution is -2.16. The molecule has 21 heavy (non-hydrogen) atoms. The third kappa shape index (κ3) is 4.92. The molecule has 0 aliphatic heterocycles. The highest BCUT2D eigenvalue weighted by molar-refractivity contribution is 6.42. The summed E-state index contributed by atoms with van der Waals surface area (Å²) in [5.41, 5.74) is 1.22. The third-order valence-electron chi connectivity index (χ3n) is 2.71. The predicted octanol–water partition coefficient (Wildman–Crippen LogP) is 4.57. The van der Waals surface area contributed by atoms with Crippen molar-refractivity contribution in [3.63, 3.8) is 0 Å². The normalized spacial score (nSPS) is 10.2. The van der Waals surface area contributed by atoms with Crippen LogP contribution in [0.1, 0.15) is 6.42 Å². The van der Waals surface area contributed by atoms with Gasteiger partial charge in [0.2, 0.25) is 5.91 Å². The molecule has 0 aromatic heterocycles. The van der Waals surface area contributed by atoms with Crippen molar-refractivity contribution in [2.24, 2.45) is 0 Å². The van der Waals surface area contributed by atoms with E-state index in [0.29, 0.717) is 22.3 Å². The van der Waals surface area contributed by atoms with E-state index in [4.69, 9.17) is 23.2 Å². The maximum atomic E-state index is 13.0. The summed E-state index contributed by atoms with van der Waals surface area (Å²) in [5, 5.41) is 6.61. The Labute approximate surface area is 132 Å². The van der Waals surface area contributed by atoms with Gasteiger partial charge in [-0.15, -0.1) is 0 Å². The topological polar surface area (TPSA) is 41.1 Å².